The van der Waals surface area contributed by atoms with E-state index in [1.165, 1.54) is 19.0 Å². The minimum absolute atomic E-state index is 0.226. The van der Waals surface area contributed by atoms with Crippen molar-refractivity contribution >= 4 is 15.7 Å². The molecule has 0 aromatic carbocycles. The minimum Gasteiger partial charge on any atom is -0.387 e. The summed E-state index contributed by atoms with van der Waals surface area (Å²) < 4.78 is 27.4. The van der Waals surface area contributed by atoms with Gasteiger partial charge >= 0.3 is 0 Å². The van der Waals surface area contributed by atoms with Crippen LogP contribution in [-0.2, 0) is 10.0 Å². The van der Waals surface area contributed by atoms with E-state index in [2.05, 4.69) is 15.0 Å². The Morgan fingerprint density at radius 1 is 1.42 bits per heavy atom. The second-order valence-electron chi connectivity index (χ2n) is 5.58. The molecule has 1 heterocycles. The van der Waals surface area contributed by atoms with Crippen LogP contribution in [0.5, 0.6) is 0 Å². The third-order valence-electron chi connectivity index (χ3n) is 4.29. The van der Waals surface area contributed by atoms with E-state index in [1.807, 2.05) is 0 Å². The summed E-state index contributed by atoms with van der Waals surface area (Å²) in [6, 6.07) is 1.67. The largest absolute Gasteiger partial charge is 0.387 e. The Morgan fingerprint density at radius 3 is 2.74 bits per heavy atom. The molecule has 2 aliphatic carbocycles. The predicted molar refractivity (Wildman–Crippen MR) is 73.4 cm³/mol. The van der Waals surface area contributed by atoms with E-state index in [0.29, 0.717) is 12.2 Å². The first-order chi connectivity index (χ1) is 9.07. The van der Waals surface area contributed by atoms with Crippen LogP contribution < -0.4 is 10.0 Å². The number of sulfonamides is 1. The average molecular weight is 281 g/mol. The van der Waals surface area contributed by atoms with Gasteiger partial charge in [-0.05, 0) is 43.1 Å². The smallest absolute Gasteiger partial charge is 0.244 e. The molecule has 104 valence electrons. The van der Waals surface area contributed by atoms with Crippen LogP contribution in [0.25, 0.3) is 0 Å². The first kappa shape index (κ1) is 12.9. The van der Waals surface area contributed by atoms with Crippen molar-refractivity contribution in [3.8, 4) is 0 Å². The standard InChI is InChI=1S/C13H19N3O2S/c1-14-11-4-7-15-8-12(11)19(17,18)16-9-13(5-6-13)10-2-3-10/h4,7-8,10,16H,2-3,5-6,9H2,1H3,(H,14,15). The van der Waals surface area contributed by atoms with Crippen molar-refractivity contribution in [2.45, 2.75) is 30.6 Å². The van der Waals surface area contributed by atoms with Crippen molar-refractivity contribution in [2.75, 3.05) is 18.9 Å². The van der Waals surface area contributed by atoms with Crippen LogP contribution in [0.15, 0.2) is 23.4 Å². The number of hydrogen-bond acceptors (Lipinski definition) is 4. The zero-order valence-corrected chi connectivity index (χ0v) is 11.8. The average Bonchev–Trinajstić information content (AvgIpc) is 3.28. The van der Waals surface area contributed by atoms with Crippen LogP contribution in [0.2, 0.25) is 0 Å². The van der Waals surface area contributed by atoms with E-state index in [1.54, 1.807) is 19.3 Å². The molecule has 0 unspecified atom stereocenters. The summed E-state index contributed by atoms with van der Waals surface area (Å²) in [7, 11) is -1.77. The van der Waals surface area contributed by atoms with Gasteiger partial charge in [0.05, 0.1) is 5.69 Å². The fraction of sp³-hybridized carbons (Fsp3) is 0.615. The molecule has 0 amide bonds. The Bertz CT molecular complexity index is 577. The summed E-state index contributed by atoms with van der Waals surface area (Å²) in [4.78, 5) is 4.13. The topological polar surface area (TPSA) is 71.1 Å². The van der Waals surface area contributed by atoms with E-state index in [0.717, 1.165) is 18.8 Å². The van der Waals surface area contributed by atoms with Crippen molar-refractivity contribution in [3.63, 3.8) is 0 Å². The molecule has 3 rings (SSSR count). The molecular weight excluding hydrogens is 262 g/mol. The SMILES string of the molecule is CNc1ccncc1S(=O)(=O)NCC1(C2CC2)CC1. The van der Waals surface area contributed by atoms with Crippen LogP contribution in [0.1, 0.15) is 25.7 Å². The molecule has 5 nitrogen and oxygen atoms in total. The fourth-order valence-corrected chi connectivity index (χ4v) is 3.99. The zero-order chi connectivity index (χ0) is 13.5. The van der Waals surface area contributed by atoms with Crippen molar-refractivity contribution in [1.82, 2.24) is 9.71 Å². The summed E-state index contributed by atoms with van der Waals surface area (Å²) >= 11 is 0. The Labute approximate surface area is 113 Å². The lowest BCUT2D eigenvalue weighted by molar-refractivity contribution is 0.432. The lowest BCUT2D eigenvalue weighted by Crippen LogP contribution is -2.31. The number of pyridine rings is 1. The van der Waals surface area contributed by atoms with E-state index in [9.17, 15) is 8.42 Å². The Balaban J connectivity index is 1.75. The first-order valence-corrected chi connectivity index (χ1v) is 8.17. The van der Waals surface area contributed by atoms with Gasteiger partial charge in [-0.1, -0.05) is 0 Å². The minimum atomic E-state index is -3.48. The second kappa shape index (κ2) is 4.45. The number of nitrogens with one attached hydrogen (secondary N) is 2. The van der Waals surface area contributed by atoms with Gasteiger partial charge in [0.1, 0.15) is 4.90 Å². The number of rotatable bonds is 6. The summed E-state index contributed by atoms with van der Waals surface area (Å²) in [5.74, 6) is 0.743. The molecule has 0 bridgehead atoms. The normalized spacial score (nSPS) is 21.1. The van der Waals surface area contributed by atoms with Gasteiger partial charge in [0.15, 0.2) is 0 Å². The molecule has 6 heteroatoms. The van der Waals surface area contributed by atoms with Crippen LogP contribution in [0, 0.1) is 11.3 Å². The highest BCUT2D eigenvalue weighted by Gasteiger charge is 2.53. The van der Waals surface area contributed by atoms with E-state index >= 15 is 0 Å². The van der Waals surface area contributed by atoms with Crippen molar-refractivity contribution in [2.24, 2.45) is 11.3 Å². The molecular formula is C13H19N3O2S. The number of hydrogen-bond donors (Lipinski definition) is 2. The summed E-state index contributed by atoms with van der Waals surface area (Å²) in [6.45, 7) is 0.568. The fourth-order valence-electron chi connectivity index (χ4n) is 2.70. The molecule has 2 N–H and O–H groups in total. The third-order valence-corrected chi connectivity index (χ3v) is 5.72. The number of anilines is 1. The molecule has 0 saturated heterocycles. The Kier molecular flexibility index (Phi) is 3.02. The molecule has 2 fully saturated rings. The highest BCUT2D eigenvalue weighted by molar-refractivity contribution is 7.89. The number of aromatic nitrogens is 1. The third kappa shape index (κ3) is 2.47. The summed E-state index contributed by atoms with van der Waals surface area (Å²) in [6.07, 6.45) is 7.81. The monoisotopic (exact) mass is 281 g/mol. The molecule has 1 aromatic rings. The van der Waals surface area contributed by atoms with Crippen molar-refractivity contribution < 1.29 is 8.42 Å². The molecule has 0 spiro atoms. The summed E-state index contributed by atoms with van der Waals surface area (Å²) in [5, 5.41) is 2.89. The molecule has 1 aromatic heterocycles. The molecule has 0 aliphatic heterocycles. The lowest BCUT2D eigenvalue weighted by atomic mass is 10.0. The van der Waals surface area contributed by atoms with Gasteiger partial charge in [0.2, 0.25) is 10.0 Å². The Hall–Kier alpha value is -1.14. The van der Waals surface area contributed by atoms with E-state index in [-0.39, 0.29) is 10.3 Å². The molecule has 0 atom stereocenters. The van der Waals surface area contributed by atoms with Gasteiger partial charge in [0, 0.05) is 26.0 Å². The highest BCUT2D eigenvalue weighted by Crippen LogP contribution is 2.60. The van der Waals surface area contributed by atoms with Crippen molar-refractivity contribution in [1.29, 1.82) is 0 Å². The highest BCUT2D eigenvalue weighted by atomic mass is 32.2. The van der Waals surface area contributed by atoms with Gasteiger partial charge in [-0.15, -0.1) is 0 Å². The predicted octanol–water partition coefficient (Wildman–Crippen LogP) is 1.59. The lowest BCUT2D eigenvalue weighted by Gasteiger charge is -2.16. The zero-order valence-electron chi connectivity index (χ0n) is 11.0. The van der Waals surface area contributed by atoms with Crippen LogP contribution in [0.3, 0.4) is 0 Å². The maximum absolute atomic E-state index is 12.3. The molecule has 0 radical (unpaired) electrons. The quantitative estimate of drug-likeness (QED) is 0.830. The molecule has 2 aliphatic rings. The van der Waals surface area contributed by atoms with Gasteiger partial charge in [-0.2, -0.15) is 0 Å². The Morgan fingerprint density at radius 2 is 2.16 bits per heavy atom. The van der Waals surface area contributed by atoms with Gasteiger partial charge in [0.25, 0.3) is 0 Å². The van der Waals surface area contributed by atoms with E-state index in [4.69, 9.17) is 0 Å². The van der Waals surface area contributed by atoms with E-state index < -0.39 is 10.0 Å². The van der Waals surface area contributed by atoms with Gasteiger partial charge in [-0.25, -0.2) is 13.1 Å². The molecule has 2 saturated carbocycles. The maximum Gasteiger partial charge on any atom is 0.244 e. The van der Waals surface area contributed by atoms with Gasteiger partial charge < -0.3 is 5.32 Å². The maximum atomic E-state index is 12.3. The van der Waals surface area contributed by atoms with Gasteiger partial charge in [-0.3, -0.25) is 4.98 Å². The summed E-state index contributed by atoms with van der Waals surface area (Å²) in [5.41, 5.74) is 0.841. The van der Waals surface area contributed by atoms with Crippen LogP contribution >= 0.6 is 0 Å². The van der Waals surface area contributed by atoms with Crippen LogP contribution in [0.4, 0.5) is 5.69 Å². The van der Waals surface area contributed by atoms with Crippen LogP contribution in [-0.4, -0.2) is 27.0 Å². The number of nitrogens with zero attached hydrogens (tertiary/aromatic N) is 1. The van der Waals surface area contributed by atoms with Crippen molar-refractivity contribution in [3.05, 3.63) is 18.5 Å². The first-order valence-electron chi connectivity index (χ1n) is 6.69. The second-order valence-corrected chi connectivity index (χ2v) is 7.32. The molecule has 19 heavy (non-hydrogen) atoms.